The minimum Gasteiger partial charge on any atom is -0.383 e. The van der Waals surface area contributed by atoms with Crippen LogP contribution in [0.2, 0.25) is 5.02 Å². The molecule has 3 rings (SSSR count). The molecule has 0 radical (unpaired) electrons. The lowest BCUT2D eigenvalue weighted by Crippen LogP contribution is -2.25. The molecule has 1 heterocycles. The van der Waals surface area contributed by atoms with Gasteiger partial charge in [0.2, 0.25) is 0 Å². The molecule has 1 aliphatic carbocycles. The Morgan fingerprint density at radius 1 is 1.41 bits per heavy atom. The van der Waals surface area contributed by atoms with E-state index in [1.165, 1.54) is 25.7 Å². The van der Waals surface area contributed by atoms with Crippen LogP contribution in [-0.2, 0) is 11.3 Å². The molecule has 118 valence electrons. The first-order chi connectivity index (χ1) is 10.7. The summed E-state index contributed by atoms with van der Waals surface area (Å²) in [4.78, 5) is 17.5. The zero-order valence-electron chi connectivity index (χ0n) is 12.5. The lowest BCUT2D eigenvalue weighted by Gasteiger charge is -2.15. The summed E-state index contributed by atoms with van der Waals surface area (Å²) in [6.45, 7) is 1.02. The highest BCUT2D eigenvalue weighted by Gasteiger charge is 2.20. The summed E-state index contributed by atoms with van der Waals surface area (Å²) < 4.78 is 6.88. The largest absolute Gasteiger partial charge is 0.383 e. The van der Waals surface area contributed by atoms with Gasteiger partial charge in [0.1, 0.15) is 0 Å². The predicted molar refractivity (Wildman–Crippen MR) is 91.0 cm³/mol. The summed E-state index contributed by atoms with van der Waals surface area (Å²) in [5.74, 6) is 0. The molecule has 1 aromatic carbocycles. The molecule has 0 atom stereocenters. The monoisotopic (exact) mass is 338 g/mol. The number of rotatable bonds is 5. The Balaban J connectivity index is 2.06. The van der Waals surface area contributed by atoms with E-state index < -0.39 is 0 Å². The molecule has 1 saturated carbocycles. The Labute approximate surface area is 138 Å². The lowest BCUT2D eigenvalue weighted by molar-refractivity contribution is 0.183. The van der Waals surface area contributed by atoms with E-state index in [-0.39, 0.29) is 5.56 Å². The van der Waals surface area contributed by atoms with Crippen molar-refractivity contribution in [2.75, 3.05) is 13.7 Å². The van der Waals surface area contributed by atoms with Crippen molar-refractivity contribution in [1.82, 2.24) is 9.55 Å². The van der Waals surface area contributed by atoms with Gasteiger partial charge in [-0.3, -0.25) is 9.36 Å². The molecule has 0 saturated heterocycles. The van der Waals surface area contributed by atoms with Crippen LogP contribution in [-0.4, -0.2) is 28.5 Å². The van der Waals surface area contributed by atoms with Crippen LogP contribution in [0.25, 0.3) is 10.9 Å². The van der Waals surface area contributed by atoms with Crippen LogP contribution in [0.1, 0.15) is 25.7 Å². The van der Waals surface area contributed by atoms with Crippen LogP contribution in [0.4, 0.5) is 0 Å². The fourth-order valence-electron chi connectivity index (χ4n) is 2.80. The third-order valence-corrected chi connectivity index (χ3v) is 5.54. The number of methoxy groups -OCH3 is 1. The van der Waals surface area contributed by atoms with E-state index in [1.54, 1.807) is 41.6 Å². The highest BCUT2D eigenvalue weighted by molar-refractivity contribution is 7.99. The van der Waals surface area contributed by atoms with Crippen LogP contribution in [0.3, 0.4) is 0 Å². The van der Waals surface area contributed by atoms with Gasteiger partial charge in [-0.25, -0.2) is 4.98 Å². The zero-order chi connectivity index (χ0) is 15.5. The molecule has 0 aliphatic heterocycles. The first kappa shape index (κ1) is 15.8. The van der Waals surface area contributed by atoms with Gasteiger partial charge < -0.3 is 4.74 Å². The summed E-state index contributed by atoms with van der Waals surface area (Å²) in [6.07, 6.45) is 4.91. The van der Waals surface area contributed by atoms with Crippen molar-refractivity contribution in [2.24, 2.45) is 0 Å². The van der Waals surface area contributed by atoms with Crippen LogP contribution in [0.5, 0.6) is 0 Å². The van der Waals surface area contributed by atoms with Crippen LogP contribution >= 0.6 is 23.4 Å². The van der Waals surface area contributed by atoms with Crippen molar-refractivity contribution in [3.8, 4) is 0 Å². The molecule has 0 unspecified atom stereocenters. The maximum atomic E-state index is 12.8. The molecule has 1 fully saturated rings. The van der Waals surface area contributed by atoms with Crippen LogP contribution in [0, 0.1) is 0 Å². The Bertz CT molecular complexity index is 726. The smallest absolute Gasteiger partial charge is 0.262 e. The number of benzene rings is 1. The van der Waals surface area contributed by atoms with E-state index in [1.807, 2.05) is 0 Å². The van der Waals surface area contributed by atoms with Gasteiger partial charge in [0.15, 0.2) is 5.16 Å². The minimum atomic E-state index is -0.0146. The fraction of sp³-hybridized carbons (Fsp3) is 0.500. The standard InChI is InChI=1S/C16H19ClN2O2S/c1-21-9-8-19-15(20)13-7-6-11(17)10-14(13)18-16(19)22-12-4-2-3-5-12/h6-7,10,12H,2-5,8-9H2,1H3. The van der Waals surface area contributed by atoms with E-state index in [0.717, 1.165) is 5.16 Å². The Hall–Kier alpha value is -1.04. The molecular weight excluding hydrogens is 320 g/mol. The van der Waals surface area contributed by atoms with Crippen molar-refractivity contribution < 1.29 is 4.74 Å². The van der Waals surface area contributed by atoms with E-state index >= 15 is 0 Å². The van der Waals surface area contributed by atoms with E-state index in [9.17, 15) is 4.79 Å². The predicted octanol–water partition coefficient (Wildman–Crippen LogP) is 3.73. The third-order valence-electron chi connectivity index (χ3n) is 3.98. The number of aromatic nitrogens is 2. The van der Waals surface area contributed by atoms with Crippen molar-refractivity contribution in [2.45, 2.75) is 42.6 Å². The average molecular weight is 339 g/mol. The van der Waals surface area contributed by atoms with Gasteiger partial charge in [0, 0.05) is 17.4 Å². The fourth-order valence-corrected chi connectivity index (χ4v) is 4.28. The molecule has 1 aromatic heterocycles. The quantitative estimate of drug-likeness (QED) is 0.779. The molecule has 2 aromatic rings. The number of ether oxygens (including phenoxy) is 1. The molecule has 0 bridgehead atoms. The Morgan fingerprint density at radius 2 is 2.18 bits per heavy atom. The molecule has 0 N–H and O–H groups in total. The van der Waals surface area contributed by atoms with E-state index in [2.05, 4.69) is 0 Å². The molecule has 22 heavy (non-hydrogen) atoms. The molecule has 6 heteroatoms. The summed E-state index contributed by atoms with van der Waals surface area (Å²) >= 11 is 7.76. The van der Waals surface area contributed by atoms with Gasteiger partial charge in [0.25, 0.3) is 5.56 Å². The number of fused-ring (bicyclic) bond motifs is 1. The first-order valence-electron chi connectivity index (χ1n) is 7.55. The molecule has 1 aliphatic rings. The zero-order valence-corrected chi connectivity index (χ0v) is 14.1. The maximum absolute atomic E-state index is 12.8. The number of halogens is 1. The highest BCUT2D eigenvalue weighted by Crippen LogP contribution is 2.34. The van der Waals surface area contributed by atoms with Gasteiger partial charge >= 0.3 is 0 Å². The van der Waals surface area contributed by atoms with Crippen molar-refractivity contribution in [3.05, 3.63) is 33.6 Å². The molecular formula is C16H19ClN2O2S. The molecule has 0 spiro atoms. The highest BCUT2D eigenvalue weighted by atomic mass is 35.5. The number of nitrogens with zero attached hydrogens (tertiary/aromatic N) is 2. The van der Waals surface area contributed by atoms with Gasteiger partial charge in [0.05, 0.1) is 24.1 Å². The summed E-state index contributed by atoms with van der Waals surface area (Å²) in [7, 11) is 1.64. The van der Waals surface area contributed by atoms with Crippen molar-refractivity contribution in [3.63, 3.8) is 0 Å². The van der Waals surface area contributed by atoms with Gasteiger partial charge in [-0.05, 0) is 31.0 Å². The maximum Gasteiger partial charge on any atom is 0.262 e. The lowest BCUT2D eigenvalue weighted by atomic mass is 10.2. The molecule has 0 amide bonds. The second kappa shape index (κ2) is 7.02. The van der Waals surface area contributed by atoms with Gasteiger partial charge in [-0.15, -0.1) is 0 Å². The number of hydrogen-bond acceptors (Lipinski definition) is 4. The van der Waals surface area contributed by atoms with E-state index in [4.69, 9.17) is 21.3 Å². The Morgan fingerprint density at radius 3 is 2.91 bits per heavy atom. The van der Waals surface area contributed by atoms with Gasteiger partial charge in [-0.2, -0.15) is 0 Å². The molecule has 4 nitrogen and oxygen atoms in total. The van der Waals surface area contributed by atoms with Crippen LogP contribution < -0.4 is 5.56 Å². The Kier molecular flexibility index (Phi) is 5.06. The first-order valence-corrected chi connectivity index (χ1v) is 8.80. The summed E-state index contributed by atoms with van der Waals surface area (Å²) in [5.41, 5.74) is 0.658. The summed E-state index contributed by atoms with van der Waals surface area (Å²) in [5, 5.41) is 2.54. The third kappa shape index (κ3) is 3.31. The van der Waals surface area contributed by atoms with Gasteiger partial charge in [-0.1, -0.05) is 36.2 Å². The van der Waals surface area contributed by atoms with E-state index in [0.29, 0.717) is 34.3 Å². The number of hydrogen-bond donors (Lipinski definition) is 0. The topological polar surface area (TPSA) is 44.1 Å². The normalized spacial score (nSPS) is 15.7. The second-order valence-corrected chi connectivity index (χ2v) is 7.23. The number of thioether (sulfide) groups is 1. The average Bonchev–Trinajstić information content (AvgIpc) is 2.99. The van der Waals surface area contributed by atoms with Crippen molar-refractivity contribution in [1.29, 1.82) is 0 Å². The SMILES string of the molecule is COCCn1c(SC2CCCC2)nc2cc(Cl)ccc2c1=O. The summed E-state index contributed by atoms with van der Waals surface area (Å²) in [6, 6.07) is 5.25. The second-order valence-electron chi connectivity index (χ2n) is 5.53. The van der Waals surface area contributed by atoms with Crippen LogP contribution in [0.15, 0.2) is 28.2 Å². The van der Waals surface area contributed by atoms with Crippen molar-refractivity contribution >= 4 is 34.3 Å². The minimum absolute atomic E-state index is 0.0146.